The van der Waals surface area contributed by atoms with E-state index in [9.17, 15) is 0 Å². The highest BCUT2D eigenvalue weighted by molar-refractivity contribution is 7.80. The van der Waals surface area contributed by atoms with E-state index in [2.05, 4.69) is 23.2 Å². The summed E-state index contributed by atoms with van der Waals surface area (Å²) >= 11 is 5.40. The number of para-hydroxylation sites is 2. The first-order chi connectivity index (χ1) is 8.76. The van der Waals surface area contributed by atoms with E-state index in [4.69, 9.17) is 17.0 Å². The van der Waals surface area contributed by atoms with Crippen molar-refractivity contribution >= 4 is 23.0 Å². The highest BCUT2D eigenvalue weighted by atomic mass is 32.1. The number of nitrogens with zero attached hydrogens (tertiary/aromatic N) is 1. The Hall–Kier alpha value is -1.33. The second kappa shape index (κ2) is 6.02. The standard InChI is InChI=1S/C13H19N3OS/c1-3-15-9-14-13(18)16(10-15)11-7-5-6-8-12(11)17-4-2/h5-8H,3-4,9-10H2,1-2H3,(H,14,18)/p+1. The van der Waals surface area contributed by atoms with E-state index >= 15 is 0 Å². The number of hydrogen-bond donors (Lipinski definition) is 2. The minimum Gasteiger partial charge on any atom is -0.492 e. The van der Waals surface area contributed by atoms with E-state index in [1.165, 1.54) is 4.90 Å². The van der Waals surface area contributed by atoms with Crippen molar-refractivity contribution < 1.29 is 9.64 Å². The maximum absolute atomic E-state index is 5.67. The zero-order valence-electron chi connectivity index (χ0n) is 10.9. The van der Waals surface area contributed by atoms with Crippen molar-refractivity contribution in [2.75, 3.05) is 31.4 Å². The number of nitrogens with one attached hydrogen (secondary N) is 2. The summed E-state index contributed by atoms with van der Waals surface area (Å²) in [6.45, 7) is 7.68. The predicted octanol–water partition coefficient (Wildman–Crippen LogP) is 0.600. The molecule has 1 aliphatic heterocycles. The van der Waals surface area contributed by atoms with E-state index in [-0.39, 0.29) is 0 Å². The molecule has 0 bridgehead atoms. The molecule has 1 saturated heterocycles. The molecule has 0 aliphatic carbocycles. The molecular formula is C13H20N3OS+. The highest BCUT2D eigenvalue weighted by Crippen LogP contribution is 2.27. The van der Waals surface area contributed by atoms with Crippen LogP contribution in [-0.4, -0.2) is 31.6 Å². The van der Waals surface area contributed by atoms with E-state index in [0.717, 1.165) is 36.4 Å². The predicted molar refractivity (Wildman–Crippen MR) is 77.1 cm³/mol. The van der Waals surface area contributed by atoms with Gasteiger partial charge >= 0.3 is 0 Å². The van der Waals surface area contributed by atoms with Gasteiger partial charge in [-0.05, 0) is 38.2 Å². The van der Waals surface area contributed by atoms with Crippen LogP contribution in [0.2, 0.25) is 0 Å². The van der Waals surface area contributed by atoms with E-state index in [0.29, 0.717) is 6.61 Å². The number of benzene rings is 1. The first-order valence-electron chi connectivity index (χ1n) is 6.37. The van der Waals surface area contributed by atoms with Crippen LogP contribution in [0.15, 0.2) is 24.3 Å². The molecule has 2 rings (SSSR count). The third kappa shape index (κ3) is 2.73. The SMILES string of the molecule is CCOc1ccccc1N1C[NH+](CC)CNC1=S. The number of ether oxygens (including phenoxy) is 1. The maximum atomic E-state index is 5.67. The first kappa shape index (κ1) is 13.1. The molecule has 98 valence electrons. The third-order valence-electron chi connectivity index (χ3n) is 3.07. The summed E-state index contributed by atoms with van der Waals surface area (Å²) in [4.78, 5) is 3.57. The summed E-state index contributed by atoms with van der Waals surface area (Å²) < 4.78 is 5.67. The molecule has 0 aromatic heterocycles. The van der Waals surface area contributed by atoms with Crippen molar-refractivity contribution in [3.63, 3.8) is 0 Å². The summed E-state index contributed by atoms with van der Waals surface area (Å²) in [6.07, 6.45) is 0. The van der Waals surface area contributed by atoms with Gasteiger partial charge in [0.05, 0.1) is 18.8 Å². The van der Waals surface area contributed by atoms with Gasteiger partial charge in [-0.15, -0.1) is 0 Å². The van der Waals surface area contributed by atoms with Crippen LogP contribution >= 0.6 is 12.2 Å². The summed E-state index contributed by atoms with van der Waals surface area (Å²) in [6, 6.07) is 8.04. The van der Waals surface area contributed by atoms with Gasteiger partial charge in [0.2, 0.25) is 0 Å². The third-order valence-corrected chi connectivity index (χ3v) is 3.44. The minimum absolute atomic E-state index is 0.662. The van der Waals surface area contributed by atoms with Gasteiger partial charge in [0.15, 0.2) is 18.4 Å². The number of thiocarbonyl (C=S) groups is 1. The van der Waals surface area contributed by atoms with Gasteiger partial charge in [-0.3, -0.25) is 4.90 Å². The summed E-state index contributed by atoms with van der Waals surface area (Å²) in [5.41, 5.74) is 1.04. The van der Waals surface area contributed by atoms with E-state index < -0.39 is 0 Å². The van der Waals surface area contributed by atoms with Gasteiger partial charge in [-0.25, -0.2) is 0 Å². The molecule has 5 heteroatoms. The summed E-state index contributed by atoms with van der Waals surface area (Å²) in [5.74, 6) is 0.890. The zero-order valence-corrected chi connectivity index (χ0v) is 11.7. The van der Waals surface area contributed by atoms with Gasteiger partial charge in [0.1, 0.15) is 5.75 Å². The average molecular weight is 266 g/mol. The van der Waals surface area contributed by atoms with Crippen molar-refractivity contribution in [3.8, 4) is 5.75 Å². The van der Waals surface area contributed by atoms with Crippen LogP contribution in [-0.2, 0) is 0 Å². The smallest absolute Gasteiger partial charge is 0.182 e. The van der Waals surface area contributed by atoms with Crippen LogP contribution < -0.4 is 19.9 Å². The zero-order chi connectivity index (χ0) is 13.0. The summed E-state index contributed by atoms with van der Waals surface area (Å²) in [7, 11) is 0. The van der Waals surface area contributed by atoms with Crippen LogP contribution in [0.5, 0.6) is 5.75 Å². The van der Waals surface area contributed by atoms with Crippen LogP contribution in [0.4, 0.5) is 5.69 Å². The summed E-state index contributed by atoms with van der Waals surface area (Å²) in [5, 5.41) is 4.04. The van der Waals surface area contributed by atoms with Gasteiger partial charge in [-0.2, -0.15) is 0 Å². The molecule has 1 unspecified atom stereocenters. The Bertz CT molecular complexity index is 424. The lowest BCUT2D eigenvalue weighted by atomic mass is 10.2. The molecule has 4 nitrogen and oxygen atoms in total. The van der Waals surface area contributed by atoms with Gasteiger partial charge in [-0.1, -0.05) is 12.1 Å². The average Bonchev–Trinajstić information content (AvgIpc) is 2.41. The van der Waals surface area contributed by atoms with Crippen LogP contribution in [0.1, 0.15) is 13.8 Å². The normalized spacial score (nSPS) is 19.6. The topological polar surface area (TPSA) is 28.9 Å². The van der Waals surface area contributed by atoms with E-state index in [1.807, 2.05) is 25.1 Å². The van der Waals surface area contributed by atoms with Crippen molar-refractivity contribution in [1.29, 1.82) is 0 Å². The molecule has 1 aliphatic rings. The molecule has 18 heavy (non-hydrogen) atoms. The number of rotatable bonds is 4. The molecular weight excluding hydrogens is 246 g/mol. The van der Waals surface area contributed by atoms with Crippen LogP contribution in [0.3, 0.4) is 0 Å². The molecule has 0 spiro atoms. The van der Waals surface area contributed by atoms with E-state index in [1.54, 1.807) is 0 Å². The molecule has 1 aromatic carbocycles. The fourth-order valence-electron chi connectivity index (χ4n) is 2.04. The lowest BCUT2D eigenvalue weighted by Gasteiger charge is -2.35. The van der Waals surface area contributed by atoms with Crippen molar-refractivity contribution in [3.05, 3.63) is 24.3 Å². The van der Waals surface area contributed by atoms with Crippen LogP contribution in [0.25, 0.3) is 0 Å². The minimum atomic E-state index is 0.662. The molecule has 1 aromatic rings. The largest absolute Gasteiger partial charge is 0.492 e. The molecule has 0 amide bonds. The molecule has 1 atom stereocenters. The van der Waals surface area contributed by atoms with Crippen molar-refractivity contribution in [1.82, 2.24) is 5.32 Å². The van der Waals surface area contributed by atoms with Gasteiger partial charge < -0.3 is 15.0 Å². The Morgan fingerprint density at radius 1 is 1.39 bits per heavy atom. The monoisotopic (exact) mass is 266 g/mol. The van der Waals surface area contributed by atoms with Gasteiger partial charge in [0.25, 0.3) is 0 Å². The Balaban J connectivity index is 2.25. The fraction of sp³-hybridized carbons (Fsp3) is 0.462. The Morgan fingerprint density at radius 2 is 2.17 bits per heavy atom. The molecule has 2 N–H and O–H groups in total. The van der Waals surface area contributed by atoms with Crippen LogP contribution in [0, 0.1) is 0 Å². The second-order valence-corrected chi connectivity index (χ2v) is 4.64. The highest BCUT2D eigenvalue weighted by Gasteiger charge is 2.25. The fourth-order valence-corrected chi connectivity index (χ4v) is 2.27. The molecule has 0 radical (unpaired) electrons. The van der Waals surface area contributed by atoms with Crippen molar-refractivity contribution in [2.45, 2.75) is 13.8 Å². The molecule has 0 saturated carbocycles. The number of hydrogen-bond acceptors (Lipinski definition) is 2. The second-order valence-electron chi connectivity index (χ2n) is 4.25. The Labute approximate surface area is 114 Å². The quantitative estimate of drug-likeness (QED) is 0.781. The Morgan fingerprint density at radius 3 is 2.89 bits per heavy atom. The Kier molecular flexibility index (Phi) is 4.38. The maximum Gasteiger partial charge on any atom is 0.182 e. The van der Waals surface area contributed by atoms with Gasteiger partial charge in [0, 0.05) is 0 Å². The van der Waals surface area contributed by atoms with Crippen molar-refractivity contribution in [2.24, 2.45) is 0 Å². The number of anilines is 1. The lowest BCUT2D eigenvalue weighted by molar-refractivity contribution is -0.901. The first-order valence-corrected chi connectivity index (χ1v) is 6.77. The molecule has 1 heterocycles. The molecule has 1 fully saturated rings. The number of quaternary nitrogens is 1. The lowest BCUT2D eigenvalue weighted by Crippen LogP contribution is -3.17.